The Kier molecular flexibility index (Phi) is 5.34. The molecule has 0 heterocycles. The predicted molar refractivity (Wildman–Crippen MR) is 75.6 cm³/mol. The van der Waals surface area contributed by atoms with Gasteiger partial charge >= 0.3 is 5.97 Å². The van der Waals surface area contributed by atoms with Gasteiger partial charge in [0.25, 0.3) is 5.91 Å². The molecule has 1 aromatic carbocycles. The van der Waals surface area contributed by atoms with E-state index in [0.29, 0.717) is 5.56 Å². The van der Waals surface area contributed by atoms with Crippen LogP contribution in [-0.4, -0.2) is 23.0 Å². The fraction of sp³-hybridized carbons (Fsp3) is 0.333. The fourth-order valence-corrected chi connectivity index (χ4v) is 2.72. The third kappa shape index (κ3) is 4.10. The highest BCUT2D eigenvalue weighted by Crippen LogP contribution is 2.20. The largest absolute Gasteiger partial charge is 0.480 e. The number of carboxylic acids is 1. The van der Waals surface area contributed by atoms with E-state index in [2.05, 4.69) is 37.2 Å². The second-order valence-corrected chi connectivity index (χ2v) is 6.02. The smallest absolute Gasteiger partial charge is 0.326 e. The number of benzene rings is 1. The number of carbonyl (C=O) groups is 2. The molecule has 2 N–H and O–H groups in total. The summed E-state index contributed by atoms with van der Waals surface area (Å²) in [5.74, 6) is -1.62. The molecule has 4 nitrogen and oxygen atoms in total. The Balaban J connectivity index is 2.90. The van der Waals surface area contributed by atoms with Crippen LogP contribution in [0.1, 0.15) is 24.2 Å². The lowest BCUT2D eigenvalue weighted by Crippen LogP contribution is -2.44. The second kappa shape index (κ2) is 6.33. The molecule has 0 aromatic heterocycles. The van der Waals surface area contributed by atoms with Gasteiger partial charge in [-0.2, -0.15) is 0 Å². The molecule has 0 fully saturated rings. The van der Waals surface area contributed by atoms with E-state index in [4.69, 9.17) is 5.11 Å². The van der Waals surface area contributed by atoms with Crippen molar-refractivity contribution in [1.29, 1.82) is 0 Å². The maximum atomic E-state index is 12.0. The lowest BCUT2D eigenvalue weighted by molar-refractivity contribution is -0.140. The van der Waals surface area contributed by atoms with Crippen LogP contribution in [0.3, 0.4) is 0 Å². The van der Waals surface area contributed by atoms with Gasteiger partial charge in [0.05, 0.1) is 0 Å². The van der Waals surface area contributed by atoms with E-state index in [1.807, 2.05) is 0 Å². The number of amides is 1. The highest BCUT2D eigenvalue weighted by molar-refractivity contribution is 9.11. The van der Waals surface area contributed by atoms with Crippen LogP contribution in [0.15, 0.2) is 27.1 Å². The Morgan fingerprint density at radius 1 is 1.17 bits per heavy atom. The molecule has 0 saturated heterocycles. The SMILES string of the molecule is CC(C)[C@H](NC(=O)c1cc(Br)cc(Br)c1)C(=O)O. The van der Waals surface area contributed by atoms with Crippen molar-refractivity contribution in [2.45, 2.75) is 19.9 Å². The number of rotatable bonds is 4. The molecule has 1 amide bonds. The van der Waals surface area contributed by atoms with Crippen molar-refractivity contribution in [3.8, 4) is 0 Å². The van der Waals surface area contributed by atoms with Gasteiger partial charge in [-0.25, -0.2) is 4.79 Å². The van der Waals surface area contributed by atoms with Crippen LogP contribution in [0, 0.1) is 5.92 Å². The van der Waals surface area contributed by atoms with Crippen LogP contribution < -0.4 is 5.32 Å². The number of aliphatic carboxylic acids is 1. The summed E-state index contributed by atoms with van der Waals surface area (Å²) in [7, 11) is 0. The van der Waals surface area contributed by atoms with Crippen LogP contribution in [0.5, 0.6) is 0 Å². The molecule has 0 aliphatic rings. The number of carbonyl (C=O) groups excluding carboxylic acids is 1. The minimum Gasteiger partial charge on any atom is -0.480 e. The number of carboxylic acid groups (broad SMARTS) is 1. The topological polar surface area (TPSA) is 66.4 Å². The molecule has 1 atom stereocenters. The number of nitrogens with one attached hydrogen (secondary N) is 1. The molecule has 0 unspecified atom stereocenters. The summed E-state index contributed by atoms with van der Waals surface area (Å²) in [6.45, 7) is 3.49. The first-order chi connectivity index (χ1) is 8.31. The molecular weight excluding hydrogens is 366 g/mol. The van der Waals surface area contributed by atoms with Crippen molar-refractivity contribution in [3.63, 3.8) is 0 Å². The van der Waals surface area contributed by atoms with E-state index >= 15 is 0 Å². The fourth-order valence-electron chi connectivity index (χ4n) is 1.42. The van der Waals surface area contributed by atoms with Gasteiger partial charge in [0.1, 0.15) is 6.04 Å². The van der Waals surface area contributed by atoms with Gasteiger partial charge in [0, 0.05) is 14.5 Å². The minimum atomic E-state index is -1.03. The lowest BCUT2D eigenvalue weighted by Gasteiger charge is -2.18. The highest BCUT2D eigenvalue weighted by atomic mass is 79.9. The molecule has 1 aromatic rings. The zero-order chi connectivity index (χ0) is 13.9. The van der Waals surface area contributed by atoms with Crippen LogP contribution in [0.4, 0.5) is 0 Å². The quantitative estimate of drug-likeness (QED) is 0.846. The van der Waals surface area contributed by atoms with Crippen molar-refractivity contribution in [2.75, 3.05) is 0 Å². The monoisotopic (exact) mass is 377 g/mol. The standard InChI is InChI=1S/C12H13Br2NO3/c1-6(2)10(12(17)18)15-11(16)7-3-8(13)5-9(14)4-7/h3-6,10H,1-2H3,(H,15,16)(H,17,18)/t10-/m0/s1. The Morgan fingerprint density at radius 2 is 1.67 bits per heavy atom. The Hall–Kier alpha value is -0.880. The maximum Gasteiger partial charge on any atom is 0.326 e. The third-order valence-electron chi connectivity index (χ3n) is 2.34. The average molecular weight is 379 g/mol. The van der Waals surface area contributed by atoms with Crippen LogP contribution >= 0.6 is 31.9 Å². The molecular formula is C12H13Br2NO3. The number of halogens is 2. The summed E-state index contributed by atoms with van der Waals surface area (Å²) in [6, 6.07) is 4.18. The average Bonchev–Trinajstić information content (AvgIpc) is 2.23. The van der Waals surface area contributed by atoms with Crippen LogP contribution in [0.25, 0.3) is 0 Å². The lowest BCUT2D eigenvalue weighted by atomic mass is 10.0. The first-order valence-electron chi connectivity index (χ1n) is 5.31. The Labute approximate surface area is 122 Å². The Morgan fingerprint density at radius 3 is 2.06 bits per heavy atom. The minimum absolute atomic E-state index is 0.179. The molecule has 1 rings (SSSR count). The summed E-state index contributed by atoms with van der Waals surface area (Å²) in [4.78, 5) is 23.0. The van der Waals surface area contributed by atoms with E-state index in [1.165, 1.54) is 0 Å². The van der Waals surface area contributed by atoms with E-state index in [1.54, 1.807) is 32.0 Å². The van der Waals surface area contributed by atoms with Gasteiger partial charge in [-0.15, -0.1) is 0 Å². The number of hydrogen-bond donors (Lipinski definition) is 2. The molecule has 6 heteroatoms. The van der Waals surface area contributed by atoms with Crippen molar-refractivity contribution >= 4 is 43.7 Å². The molecule has 18 heavy (non-hydrogen) atoms. The molecule has 0 radical (unpaired) electrons. The summed E-state index contributed by atoms with van der Waals surface area (Å²) in [5.41, 5.74) is 0.406. The van der Waals surface area contributed by atoms with Crippen molar-refractivity contribution in [2.24, 2.45) is 5.92 Å². The van der Waals surface area contributed by atoms with E-state index in [-0.39, 0.29) is 5.92 Å². The normalized spacial score (nSPS) is 12.3. The van der Waals surface area contributed by atoms with Gasteiger partial charge in [0.2, 0.25) is 0 Å². The van der Waals surface area contributed by atoms with Gasteiger partial charge in [-0.05, 0) is 24.1 Å². The van der Waals surface area contributed by atoms with Gasteiger partial charge < -0.3 is 10.4 Å². The molecule has 0 saturated carbocycles. The molecule has 0 bridgehead atoms. The van der Waals surface area contributed by atoms with E-state index in [9.17, 15) is 9.59 Å². The van der Waals surface area contributed by atoms with Gasteiger partial charge in [-0.3, -0.25) is 4.79 Å². The molecule has 0 spiro atoms. The van der Waals surface area contributed by atoms with Gasteiger partial charge in [0.15, 0.2) is 0 Å². The van der Waals surface area contributed by atoms with Crippen molar-refractivity contribution in [3.05, 3.63) is 32.7 Å². The first-order valence-corrected chi connectivity index (χ1v) is 6.89. The zero-order valence-corrected chi connectivity index (χ0v) is 13.1. The van der Waals surface area contributed by atoms with Crippen LogP contribution in [-0.2, 0) is 4.79 Å². The second-order valence-electron chi connectivity index (χ2n) is 4.19. The first kappa shape index (κ1) is 15.2. The summed E-state index contributed by atoms with van der Waals surface area (Å²) < 4.78 is 1.50. The van der Waals surface area contributed by atoms with E-state index < -0.39 is 17.9 Å². The highest BCUT2D eigenvalue weighted by Gasteiger charge is 2.24. The summed E-state index contributed by atoms with van der Waals surface area (Å²) in [6.07, 6.45) is 0. The van der Waals surface area contributed by atoms with Crippen LogP contribution in [0.2, 0.25) is 0 Å². The summed E-state index contributed by atoms with van der Waals surface area (Å²) in [5, 5.41) is 11.5. The van der Waals surface area contributed by atoms with Gasteiger partial charge in [-0.1, -0.05) is 45.7 Å². The molecule has 98 valence electrons. The Bertz CT molecular complexity index is 454. The van der Waals surface area contributed by atoms with Crippen molar-refractivity contribution in [1.82, 2.24) is 5.32 Å². The zero-order valence-electron chi connectivity index (χ0n) is 9.91. The third-order valence-corrected chi connectivity index (χ3v) is 3.26. The summed E-state index contributed by atoms with van der Waals surface area (Å²) >= 11 is 6.56. The predicted octanol–water partition coefficient (Wildman–Crippen LogP) is 3.05. The maximum absolute atomic E-state index is 12.0. The molecule has 0 aliphatic carbocycles. The van der Waals surface area contributed by atoms with Crippen molar-refractivity contribution < 1.29 is 14.7 Å². The van der Waals surface area contributed by atoms with E-state index in [0.717, 1.165) is 8.95 Å². The molecule has 0 aliphatic heterocycles. The number of hydrogen-bond acceptors (Lipinski definition) is 2.